The van der Waals surface area contributed by atoms with Crippen molar-refractivity contribution >= 4 is 16.3 Å². The molecule has 3 aromatic rings. The first-order chi connectivity index (χ1) is 13.6. The lowest BCUT2D eigenvalue weighted by molar-refractivity contribution is -0.389. The van der Waals surface area contributed by atoms with Crippen LogP contribution in [0.25, 0.3) is 5.69 Å². The van der Waals surface area contributed by atoms with Gasteiger partial charge in [-0.05, 0) is 29.2 Å². The topological polar surface area (TPSA) is 126 Å². The maximum atomic E-state index is 14.3. The molecule has 0 bridgehead atoms. The van der Waals surface area contributed by atoms with Crippen LogP contribution >= 0.6 is 0 Å². The van der Waals surface area contributed by atoms with Gasteiger partial charge in [-0.15, -0.1) is 0 Å². The van der Waals surface area contributed by atoms with Gasteiger partial charge in [0.2, 0.25) is 0 Å². The summed E-state index contributed by atoms with van der Waals surface area (Å²) in [5.74, 6) is -2.80. The van der Waals surface area contributed by atoms with Crippen LogP contribution in [0.2, 0.25) is 0 Å². The van der Waals surface area contributed by atoms with Crippen LogP contribution in [0.5, 0.6) is 11.5 Å². The monoisotopic (exact) mass is 430 g/mol. The van der Waals surface area contributed by atoms with Crippen LogP contribution in [-0.4, -0.2) is 28.3 Å². The summed E-state index contributed by atoms with van der Waals surface area (Å²) in [7, 11) is -5.18. The fraction of sp³-hybridized carbons (Fsp3) is 0.0667. The fourth-order valence-corrected chi connectivity index (χ4v) is 2.53. The zero-order valence-corrected chi connectivity index (χ0v) is 14.8. The highest BCUT2D eigenvalue weighted by atomic mass is 32.3. The first-order valence-electron chi connectivity index (χ1n) is 7.54. The molecule has 152 valence electrons. The van der Waals surface area contributed by atoms with Crippen LogP contribution < -0.4 is 8.92 Å². The van der Waals surface area contributed by atoms with Gasteiger partial charge >= 0.3 is 16.3 Å². The quantitative estimate of drug-likeness (QED) is 0.318. The molecule has 1 heterocycles. The van der Waals surface area contributed by atoms with Gasteiger partial charge in [0.1, 0.15) is 41.0 Å². The molecule has 0 spiro atoms. The Morgan fingerprint density at radius 1 is 1.10 bits per heavy atom. The largest absolute Gasteiger partial charge is 0.489 e. The predicted molar refractivity (Wildman–Crippen MR) is 89.4 cm³/mol. The highest BCUT2D eigenvalue weighted by Crippen LogP contribution is 2.23. The van der Waals surface area contributed by atoms with Crippen LogP contribution in [0, 0.1) is 21.7 Å². The minimum atomic E-state index is -5.18. The number of nitrogens with zero attached hydrogens (tertiary/aromatic N) is 4. The molecule has 29 heavy (non-hydrogen) atoms. The van der Waals surface area contributed by atoms with E-state index in [-0.39, 0.29) is 17.2 Å². The van der Waals surface area contributed by atoms with Gasteiger partial charge in [-0.3, -0.25) is 0 Å². The van der Waals surface area contributed by atoms with Crippen LogP contribution in [-0.2, 0) is 17.1 Å². The van der Waals surface area contributed by atoms with E-state index in [0.717, 1.165) is 35.1 Å². The molecule has 2 aromatic carbocycles. The zero-order valence-electron chi connectivity index (χ0n) is 14.0. The van der Waals surface area contributed by atoms with E-state index in [0.29, 0.717) is 0 Å². The molecule has 0 radical (unpaired) electrons. The molecular weight excluding hydrogens is 421 g/mol. The molecule has 0 aliphatic rings. The van der Waals surface area contributed by atoms with Crippen molar-refractivity contribution in [1.29, 1.82) is 0 Å². The molecule has 0 fully saturated rings. The second-order valence-electron chi connectivity index (χ2n) is 5.40. The van der Waals surface area contributed by atoms with Gasteiger partial charge in [0.05, 0.1) is 16.5 Å². The molecule has 0 amide bonds. The third-order valence-electron chi connectivity index (χ3n) is 3.46. The number of aromatic nitrogens is 3. The smallest absolute Gasteiger partial charge is 0.488 e. The maximum absolute atomic E-state index is 14.3. The van der Waals surface area contributed by atoms with Gasteiger partial charge in [0, 0.05) is 12.1 Å². The molecule has 0 aliphatic carbocycles. The van der Waals surface area contributed by atoms with Crippen LogP contribution in [0.1, 0.15) is 5.56 Å². The Bertz CT molecular complexity index is 1140. The number of hydrogen-bond acceptors (Lipinski definition) is 8. The van der Waals surface area contributed by atoms with E-state index in [1.807, 2.05) is 0 Å². The number of ether oxygens (including phenoxy) is 1. The number of halogens is 3. The van der Waals surface area contributed by atoms with Crippen molar-refractivity contribution in [3.05, 3.63) is 69.9 Å². The first-order valence-corrected chi connectivity index (χ1v) is 8.85. The maximum Gasteiger partial charge on any atom is 0.488 e. The van der Waals surface area contributed by atoms with E-state index in [9.17, 15) is 31.2 Å². The number of benzene rings is 2. The summed E-state index contributed by atoms with van der Waals surface area (Å²) in [6, 6.07) is 6.37. The predicted octanol–water partition coefficient (Wildman–Crippen LogP) is 2.63. The second kappa shape index (κ2) is 7.75. The van der Waals surface area contributed by atoms with Crippen molar-refractivity contribution in [2.45, 2.75) is 6.61 Å². The van der Waals surface area contributed by atoms with Gasteiger partial charge in [-0.1, -0.05) is 3.89 Å². The number of hydrogen-bond donors (Lipinski definition) is 0. The summed E-state index contributed by atoms with van der Waals surface area (Å²) in [6.07, 6.45) is 0.894. The molecule has 0 unspecified atom stereocenters. The van der Waals surface area contributed by atoms with E-state index in [2.05, 4.69) is 14.5 Å². The molecular formula is C15H9F3N4O6S. The summed E-state index contributed by atoms with van der Waals surface area (Å²) in [6.45, 7) is -0.531. The molecule has 0 N–H and O–H groups in total. The van der Waals surface area contributed by atoms with E-state index in [4.69, 9.17) is 4.74 Å². The average molecular weight is 430 g/mol. The standard InChI is InChI=1S/C15H9F3N4O6S/c16-13-5-9(21-7-15(19-20-21)22(23)24)6-14(17)12(13)8-27-10-1-3-11(4-2-10)28-29(18,25)26/h1-7H,8H2. The van der Waals surface area contributed by atoms with Gasteiger partial charge in [0.15, 0.2) is 0 Å². The lowest BCUT2D eigenvalue weighted by Crippen LogP contribution is -2.05. The van der Waals surface area contributed by atoms with Crippen molar-refractivity contribution in [3.8, 4) is 17.2 Å². The lowest BCUT2D eigenvalue weighted by atomic mass is 10.2. The van der Waals surface area contributed by atoms with E-state index in [1.54, 1.807) is 0 Å². The summed E-state index contributed by atoms with van der Waals surface area (Å²) in [4.78, 5) is 9.80. The Balaban J connectivity index is 1.73. The molecule has 3 rings (SSSR count). The zero-order chi connectivity index (χ0) is 21.2. The molecule has 0 saturated heterocycles. The molecule has 0 aliphatic heterocycles. The van der Waals surface area contributed by atoms with Gasteiger partial charge < -0.3 is 19.0 Å². The highest BCUT2D eigenvalue weighted by Gasteiger charge is 2.18. The Kier molecular flexibility index (Phi) is 5.36. The van der Waals surface area contributed by atoms with Crippen molar-refractivity contribution in [2.24, 2.45) is 0 Å². The molecule has 10 nitrogen and oxygen atoms in total. The van der Waals surface area contributed by atoms with E-state index >= 15 is 0 Å². The van der Waals surface area contributed by atoms with Gasteiger partial charge in [0.25, 0.3) is 0 Å². The van der Waals surface area contributed by atoms with Crippen LogP contribution in [0.4, 0.5) is 18.5 Å². The Hall–Kier alpha value is -3.68. The fourth-order valence-electron chi connectivity index (χ4n) is 2.19. The lowest BCUT2D eigenvalue weighted by Gasteiger charge is -2.10. The second-order valence-corrected chi connectivity index (χ2v) is 6.36. The van der Waals surface area contributed by atoms with Crippen molar-refractivity contribution in [1.82, 2.24) is 15.0 Å². The van der Waals surface area contributed by atoms with Crippen molar-refractivity contribution < 1.29 is 34.9 Å². The van der Waals surface area contributed by atoms with E-state index < -0.39 is 45.1 Å². The SMILES string of the molecule is O=[N+]([O-])c1cn(-c2cc(F)c(COc3ccc(OS(=O)(=O)F)cc3)c(F)c2)nn1. The van der Waals surface area contributed by atoms with Crippen molar-refractivity contribution in [2.75, 3.05) is 0 Å². The van der Waals surface area contributed by atoms with Gasteiger partial charge in [-0.25, -0.2) is 8.78 Å². The first kappa shape index (κ1) is 20.1. The number of rotatable bonds is 7. The average Bonchev–Trinajstić information content (AvgIpc) is 3.11. The van der Waals surface area contributed by atoms with Crippen molar-refractivity contribution in [3.63, 3.8) is 0 Å². The Morgan fingerprint density at radius 2 is 1.69 bits per heavy atom. The van der Waals surface area contributed by atoms with Crippen LogP contribution in [0.15, 0.2) is 42.6 Å². The molecule has 1 aromatic heterocycles. The molecule has 14 heteroatoms. The summed E-state index contributed by atoms with van der Waals surface area (Å²) in [5, 5.41) is 17.3. The van der Waals surface area contributed by atoms with E-state index in [1.165, 1.54) is 12.1 Å². The minimum absolute atomic E-state index is 0.100. The Morgan fingerprint density at radius 3 is 2.21 bits per heavy atom. The summed E-state index contributed by atoms with van der Waals surface area (Å²) < 4.78 is 71.8. The molecule has 0 saturated carbocycles. The highest BCUT2D eigenvalue weighted by molar-refractivity contribution is 7.81. The summed E-state index contributed by atoms with van der Waals surface area (Å²) >= 11 is 0. The van der Waals surface area contributed by atoms with Crippen LogP contribution in [0.3, 0.4) is 0 Å². The Labute approximate surface area is 160 Å². The third kappa shape index (κ3) is 4.98. The number of nitro groups is 1. The molecule has 0 atom stereocenters. The summed E-state index contributed by atoms with van der Waals surface area (Å²) in [5.41, 5.74) is -0.562. The normalized spacial score (nSPS) is 11.3. The third-order valence-corrected chi connectivity index (χ3v) is 3.85. The van der Waals surface area contributed by atoms with Gasteiger partial charge in [-0.2, -0.15) is 13.1 Å². The minimum Gasteiger partial charge on any atom is -0.489 e.